The molecule has 1 N–H and O–H groups in total. The summed E-state index contributed by atoms with van der Waals surface area (Å²) in [7, 11) is 1.62. The molecule has 0 saturated carbocycles. The van der Waals surface area contributed by atoms with Gasteiger partial charge in [-0.1, -0.05) is 18.2 Å². The van der Waals surface area contributed by atoms with Gasteiger partial charge in [0.05, 0.1) is 7.11 Å². The van der Waals surface area contributed by atoms with Crippen molar-refractivity contribution in [2.45, 2.75) is 6.04 Å². The molecule has 1 saturated heterocycles. The van der Waals surface area contributed by atoms with Gasteiger partial charge in [-0.25, -0.2) is 0 Å². The van der Waals surface area contributed by atoms with Crippen molar-refractivity contribution in [3.63, 3.8) is 0 Å². The molecule has 4 heteroatoms. The zero-order chi connectivity index (χ0) is 15.4. The third-order valence-corrected chi connectivity index (χ3v) is 4.01. The van der Waals surface area contributed by atoms with Gasteiger partial charge in [0.15, 0.2) is 5.78 Å². The number of piperazine rings is 1. The Morgan fingerprint density at radius 2 is 1.86 bits per heavy atom. The summed E-state index contributed by atoms with van der Waals surface area (Å²) >= 11 is 0. The van der Waals surface area contributed by atoms with Gasteiger partial charge >= 0.3 is 0 Å². The smallest absolute Gasteiger partial charge is 0.186 e. The van der Waals surface area contributed by atoms with Gasteiger partial charge in [-0.3, -0.25) is 4.79 Å². The van der Waals surface area contributed by atoms with E-state index in [1.165, 1.54) is 0 Å². The van der Waals surface area contributed by atoms with Crippen LogP contribution in [0.15, 0.2) is 54.6 Å². The zero-order valence-corrected chi connectivity index (χ0v) is 12.7. The SMILES string of the molecule is COc1ccc(C(=O)C2CNCCN2c2ccccc2)cc1. The van der Waals surface area contributed by atoms with Crippen LogP contribution in [0.25, 0.3) is 0 Å². The van der Waals surface area contributed by atoms with Crippen molar-refractivity contribution in [2.75, 3.05) is 31.6 Å². The maximum absolute atomic E-state index is 12.9. The van der Waals surface area contributed by atoms with Crippen LogP contribution in [0.3, 0.4) is 0 Å². The first kappa shape index (κ1) is 14.6. The second-order valence-corrected chi connectivity index (χ2v) is 5.34. The molecule has 1 aliphatic heterocycles. The van der Waals surface area contributed by atoms with Gasteiger partial charge < -0.3 is 15.0 Å². The molecule has 0 aromatic heterocycles. The Balaban J connectivity index is 1.85. The van der Waals surface area contributed by atoms with Gasteiger partial charge in [0.25, 0.3) is 0 Å². The number of hydrogen-bond acceptors (Lipinski definition) is 4. The number of hydrogen-bond donors (Lipinski definition) is 1. The highest BCUT2D eigenvalue weighted by Crippen LogP contribution is 2.21. The molecule has 0 radical (unpaired) electrons. The molecule has 0 amide bonds. The van der Waals surface area contributed by atoms with E-state index in [0.717, 1.165) is 30.1 Å². The third kappa shape index (κ3) is 2.97. The summed E-state index contributed by atoms with van der Waals surface area (Å²) in [5.74, 6) is 0.900. The van der Waals surface area contributed by atoms with Gasteiger partial charge in [0, 0.05) is 30.9 Å². The number of nitrogens with zero attached hydrogens (tertiary/aromatic N) is 1. The Hall–Kier alpha value is -2.33. The van der Waals surface area contributed by atoms with E-state index in [1.54, 1.807) is 7.11 Å². The number of benzene rings is 2. The van der Waals surface area contributed by atoms with E-state index in [2.05, 4.69) is 22.3 Å². The minimum absolute atomic E-state index is 0.138. The number of para-hydroxylation sites is 1. The van der Waals surface area contributed by atoms with Crippen LogP contribution in [0.1, 0.15) is 10.4 Å². The lowest BCUT2D eigenvalue weighted by atomic mass is 10.0. The lowest BCUT2D eigenvalue weighted by Gasteiger charge is -2.37. The average molecular weight is 296 g/mol. The first-order valence-corrected chi connectivity index (χ1v) is 7.50. The first-order chi connectivity index (χ1) is 10.8. The Morgan fingerprint density at radius 3 is 2.55 bits per heavy atom. The number of Topliss-reactive ketones (excluding diaryl/α,β-unsaturated/α-hetero) is 1. The van der Waals surface area contributed by atoms with Gasteiger partial charge in [0.2, 0.25) is 0 Å². The van der Waals surface area contributed by atoms with Gasteiger partial charge in [0.1, 0.15) is 11.8 Å². The molecule has 1 heterocycles. The summed E-state index contributed by atoms with van der Waals surface area (Å²) in [6.45, 7) is 2.39. The van der Waals surface area contributed by atoms with Crippen LogP contribution < -0.4 is 15.0 Å². The highest BCUT2D eigenvalue weighted by atomic mass is 16.5. The van der Waals surface area contributed by atoms with Crippen molar-refractivity contribution in [1.82, 2.24) is 5.32 Å². The van der Waals surface area contributed by atoms with Crippen LogP contribution in [0.2, 0.25) is 0 Å². The topological polar surface area (TPSA) is 41.6 Å². The van der Waals surface area contributed by atoms with E-state index in [0.29, 0.717) is 6.54 Å². The molecule has 0 spiro atoms. The highest BCUT2D eigenvalue weighted by Gasteiger charge is 2.29. The summed E-state index contributed by atoms with van der Waals surface area (Å²) < 4.78 is 5.15. The van der Waals surface area contributed by atoms with Gasteiger partial charge in [-0.2, -0.15) is 0 Å². The fourth-order valence-electron chi connectivity index (χ4n) is 2.81. The molecule has 114 valence electrons. The Kier molecular flexibility index (Phi) is 4.39. The van der Waals surface area contributed by atoms with Crippen LogP contribution in [0.5, 0.6) is 5.75 Å². The quantitative estimate of drug-likeness (QED) is 0.880. The number of nitrogens with one attached hydrogen (secondary N) is 1. The predicted octanol–water partition coefficient (Wildman–Crippen LogP) is 2.36. The number of carbonyl (C=O) groups excluding carboxylic acids is 1. The molecular formula is C18H20N2O2. The molecule has 1 atom stereocenters. The number of rotatable bonds is 4. The Morgan fingerprint density at radius 1 is 1.14 bits per heavy atom. The molecular weight excluding hydrogens is 276 g/mol. The van der Waals surface area contributed by atoms with E-state index in [9.17, 15) is 4.79 Å². The molecule has 1 unspecified atom stereocenters. The van der Waals surface area contributed by atoms with Crippen molar-refractivity contribution >= 4 is 11.5 Å². The Bertz CT molecular complexity index is 625. The highest BCUT2D eigenvalue weighted by molar-refractivity contribution is 6.02. The van der Waals surface area contributed by atoms with Gasteiger partial charge in [-0.15, -0.1) is 0 Å². The summed E-state index contributed by atoms with van der Waals surface area (Å²) in [6, 6.07) is 17.3. The molecule has 3 rings (SSSR count). The third-order valence-electron chi connectivity index (χ3n) is 4.01. The fourth-order valence-corrected chi connectivity index (χ4v) is 2.81. The van der Waals surface area contributed by atoms with Crippen LogP contribution in [-0.2, 0) is 0 Å². The van der Waals surface area contributed by atoms with Crippen LogP contribution in [0, 0.1) is 0 Å². The summed E-state index contributed by atoms with van der Waals surface area (Å²) in [5, 5.41) is 3.32. The summed E-state index contributed by atoms with van der Waals surface area (Å²) in [6.07, 6.45) is 0. The number of ether oxygens (including phenoxy) is 1. The van der Waals surface area contributed by atoms with Crippen LogP contribution in [-0.4, -0.2) is 38.6 Å². The van der Waals surface area contributed by atoms with E-state index < -0.39 is 0 Å². The second kappa shape index (κ2) is 6.62. The number of anilines is 1. The number of carbonyl (C=O) groups is 1. The Labute approximate surface area is 130 Å². The minimum atomic E-state index is -0.176. The number of ketones is 1. The molecule has 22 heavy (non-hydrogen) atoms. The van der Waals surface area contributed by atoms with Crippen molar-refractivity contribution < 1.29 is 9.53 Å². The molecule has 1 fully saturated rings. The fraction of sp³-hybridized carbons (Fsp3) is 0.278. The van der Waals surface area contributed by atoms with Crippen LogP contribution in [0.4, 0.5) is 5.69 Å². The van der Waals surface area contributed by atoms with E-state index in [1.807, 2.05) is 42.5 Å². The minimum Gasteiger partial charge on any atom is -0.497 e. The maximum atomic E-state index is 12.9. The van der Waals surface area contributed by atoms with Crippen molar-refractivity contribution in [3.05, 3.63) is 60.2 Å². The van der Waals surface area contributed by atoms with Crippen LogP contribution >= 0.6 is 0 Å². The molecule has 1 aliphatic rings. The molecule has 2 aromatic rings. The molecule has 0 bridgehead atoms. The lowest BCUT2D eigenvalue weighted by molar-refractivity contribution is 0.0951. The summed E-state index contributed by atoms with van der Waals surface area (Å²) in [4.78, 5) is 15.0. The normalized spacial score (nSPS) is 18.0. The van der Waals surface area contributed by atoms with Crippen molar-refractivity contribution in [1.29, 1.82) is 0 Å². The maximum Gasteiger partial charge on any atom is 0.186 e. The van der Waals surface area contributed by atoms with Gasteiger partial charge in [-0.05, 0) is 36.4 Å². The second-order valence-electron chi connectivity index (χ2n) is 5.34. The average Bonchev–Trinajstić information content (AvgIpc) is 2.62. The van der Waals surface area contributed by atoms with E-state index >= 15 is 0 Å². The number of methoxy groups -OCH3 is 1. The zero-order valence-electron chi connectivity index (χ0n) is 12.7. The van der Waals surface area contributed by atoms with Crippen molar-refractivity contribution in [3.8, 4) is 5.75 Å². The van der Waals surface area contributed by atoms with Crippen molar-refractivity contribution in [2.24, 2.45) is 0 Å². The molecule has 4 nitrogen and oxygen atoms in total. The standard InChI is InChI=1S/C18H20N2O2/c1-22-16-9-7-14(8-10-16)18(21)17-13-19-11-12-20(17)15-5-3-2-4-6-15/h2-10,17,19H,11-13H2,1H3. The lowest BCUT2D eigenvalue weighted by Crippen LogP contribution is -2.55. The van der Waals surface area contributed by atoms with E-state index in [-0.39, 0.29) is 11.8 Å². The first-order valence-electron chi connectivity index (χ1n) is 7.50. The molecule has 2 aromatic carbocycles. The molecule has 0 aliphatic carbocycles. The largest absolute Gasteiger partial charge is 0.497 e. The monoisotopic (exact) mass is 296 g/mol. The predicted molar refractivity (Wildman–Crippen MR) is 87.8 cm³/mol. The summed E-state index contributed by atoms with van der Waals surface area (Å²) in [5.41, 5.74) is 1.81. The van der Waals surface area contributed by atoms with E-state index in [4.69, 9.17) is 4.74 Å².